The zero-order valence-corrected chi connectivity index (χ0v) is 14.5. The summed E-state index contributed by atoms with van der Waals surface area (Å²) in [5.41, 5.74) is 1.05. The predicted molar refractivity (Wildman–Crippen MR) is 95.6 cm³/mol. The maximum absolute atomic E-state index is 13.0. The third kappa shape index (κ3) is 3.12. The lowest BCUT2D eigenvalue weighted by molar-refractivity contribution is -0.0708. The van der Waals surface area contributed by atoms with Crippen LogP contribution in [0.15, 0.2) is 42.5 Å². The minimum absolute atomic E-state index is 0.0271. The van der Waals surface area contributed by atoms with E-state index < -0.39 is 5.82 Å². The van der Waals surface area contributed by atoms with Gasteiger partial charge in [0.2, 0.25) is 0 Å². The van der Waals surface area contributed by atoms with Crippen LogP contribution >= 0.6 is 0 Å². The van der Waals surface area contributed by atoms with Crippen LogP contribution in [0.3, 0.4) is 0 Å². The van der Waals surface area contributed by atoms with Crippen LogP contribution in [0.2, 0.25) is 0 Å². The molecular weight excluding hydrogens is 333 g/mol. The summed E-state index contributed by atoms with van der Waals surface area (Å²) < 4.78 is 13.0. The van der Waals surface area contributed by atoms with E-state index in [0.717, 1.165) is 25.9 Å². The molecule has 1 spiro atoms. The van der Waals surface area contributed by atoms with Crippen molar-refractivity contribution in [2.45, 2.75) is 12.8 Å². The number of hydrogen-bond acceptors (Lipinski definition) is 4. The van der Waals surface area contributed by atoms with Crippen LogP contribution in [-0.4, -0.2) is 41.7 Å². The fourth-order valence-corrected chi connectivity index (χ4v) is 4.17. The molecule has 4 rings (SSSR count). The number of likely N-dealkylation sites (tertiary alicyclic amines) is 1. The van der Waals surface area contributed by atoms with Crippen LogP contribution in [-0.2, 0) is 0 Å². The third-order valence-corrected chi connectivity index (χ3v) is 5.29. The number of pyridine rings is 1. The molecule has 1 aliphatic carbocycles. The number of halogens is 1. The van der Waals surface area contributed by atoms with Gasteiger partial charge in [0.15, 0.2) is 5.78 Å². The SMILES string of the molecule is CN1CC2(CC(C(=O)c3cccc(NC(=O)c4ccc(F)cc4)n3)C2)C1. The number of Topliss-reactive ketones (excluding diaryl/α,β-unsaturated/α-hetero) is 1. The lowest BCUT2D eigenvalue weighted by Gasteiger charge is -2.57. The molecule has 6 heteroatoms. The Morgan fingerprint density at radius 2 is 1.85 bits per heavy atom. The number of carbonyl (C=O) groups excluding carboxylic acids is 2. The molecule has 2 heterocycles. The van der Waals surface area contributed by atoms with Crippen molar-refractivity contribution in [1.29, 1.82) is 0 Å². The monoisotopic (exact) mass is 353 g/mol. The zero-order valence-electron chi connectivity index (χ0n) is 14.5. The first kappa shape index (κ1) is 16.8. The Bertz CT molecular complexity index is 852. The van der Waals surface area contributed by atoms with Crippen molar-refractivity contribution >= 4 is 17.5 Å². The summed E-state index contributed by atoms with van der Waals surface area (Å²) in [6.45, 7) is 2.13. The molecule has 26 heavy (non-hydrogen) atoms. The molecule has 1 N–H and O–H groups in total. The Morgan fingerprint density at radius 1 is 1.15 bits per heavy atom. The van der Waals surface area contributed by atoms with Gasteiger partial charge in [0.05, 0.1) is 0 Å². The molecule has 0 radical (unpaired) electrons. The molecule has 2 fully saturated rings. The predicted octanol–water partition coefficient (Wildman–Crippen LogP) is 3.00. The zero-order chi connectivity index (χ0) is 18.3. The summed E-state index contributed by atoms with van der Waals surface area (Å²) in [5.74, 6) is -0.393. The van der Waals surface area contributed by atoms with Crippen LogP contribution in [0.1, 0.15) is 33.7 Å². The quantitative estimate of drug-likeness (QED) is 0.859. The van der Waals surface area contributed by atoms with Crippen LogP contribution in [0, 0.1) is 17.2 Å². The van der Waals surface area contributed by atoms with Crippen molar-refractivity contribution < 1.29 is 14.0 Å². The number of rotatable bonds is 4. The number of nitrogens with one attached hydrogen (secondary N) is 1. The van der Waals surface area contributed by atoms with E-state index >= 15 is 0 Å². The normalized spacial score (nSPS) is 18.8. The number of ketones is 1. The molecule has 1 aromatic heterocycles. The van der Waals surface area contributed by atoms with Gasteiger partial charge < -0.3 is 10.2 Å². The summed E-state index contributed by atoms with van der Waals surface area (Å²) in [4.78, 5) is 31.4. The molecule has 1 amide bonds. The molecule has 5 nitrogen and oxygen atoms in total. The average Bonchev–Trinajstić information content (AvgIpc) is 2.57. The second-order valence-electron chi connectivity index (χ2n) is 7.51. The molecule has 1 saturated heterocycles. The number of nitrogens with zero attached hydrogens (tertiary/aromatic N) is 2. The van der Waals surface area contributed by atoms with Crippen molar-refractivity contribution in [3.63, 3.8) is 0 Å². The fourth-order valence-electron chi connectivity index (χ4n) is 4.17. The van der Waals surface area contributed by atoms with E-state index in [-0.39, 0.29) is 17.6 Å². The summed E-state index contributed by atoms with van der Waals surface area (Å²) in [6.07, 6.45) is 1.84. The first-order valence-corrected chi connectivity index (χ1v) is 8.71. The van der Waals surface area contributed by atoms with Crippen LogP contribution in [0.4, 0.5) is 10.2 Å². The topological polar surface area (TPSA) is 62.3 Å². The van der Waals surface area contributed by atoms with E-state index in [2.05, 4.69) is 22.2 Å². The van der Waals surface area contributed by atoms with Crippen LogP contribution in [0.5, 0.6) is 0 Å². The highest BCUT2D eigenvalue weighted by Gasteiger charge is 2.53. The summed E-state index contributed by atoms with van der Waals surface area (Å²) in [7, 11) is 2.09. The van der Waals surface area contributed by atoms with E-state index in [0.29, 0.717) is 22.5 Å². The van der Waals surface area contributed by atoms with Gasteiger partial charge in [0.25, 0.3) is 5.91 Å². The molecule has 134 valence electrons. The maximum Gasteiger partial charge on any atom is 0.256 e. The fraction of sp³-hybridized carbons (Fsp3) is 0.350. The molecule has 0 atom stereocenters. The number of carbonyl (C=O) groups is 2. The number of anilines is 1. The van der Waals surface area contributed by atoms with E-state index in [9.17, 15) is 14.0 Å². The molecule has 2 aromatic rings. The second kappa shape index (κ2) is 6.29. The Kier molecular flexibility index (Phi) is 4.07. The van der Waals surface area contributed by atoms with Gasteiger partial charge in [-0.2, -0.15) is 0 Å². The minimum Gasteiger partial charge on any atom is -0.307 e. The third-order valence-electron chi connectivity index (χ3n) is 5.29. The van der Waals surface area contributed by atoms with Crippen LogP contribution in [0.25, 0.3) is 0 Å². The molecule has 1 saturated carbocycles. The molecular formula is C20H20FN3O2. The van der Waals surface area contributed by atoms with E-state index in [1.165, 1.54) is 24.3 Å². The van der Waals surface area contributed by atoms with Crippen molar-refractivity contribution in [2.24, 2.45) is 11.3 Å². The average molecular weight is 353 g/mol. The molecule has 1 aliphatic heterocycles. The first-order valence-electron chi connectivity index (χ1n) is 8.71. The number of hydrogen-bond donors (Lipinski definition) is 1. The second-order valence-corrected chi connectivity index (χ2v) is 7.51. The van der Waals surface area contributed by atoms with Crippen molar-refractivity contribution in [1.82, 2.24) is 9.88 Å². The van der Waals surface area contributed by atoms with Crippen molar-refractivity contribution in [3.8, 4) is 0 Å². The highest BCUT2D eigenvalue weighted by Crippen LogP contribution is 2.52. The van der Waals surface area contributed by atoms with Gasteiger partial charge in [0.1, 0.15) is 17.3 Å². The minimum atomic E-state index is -0.400. The lowest BCUT2D eigenvalue weighted by Crippen LogP contribution is -2.61. The Balaban J connectivity index is 1.41. The summed E-state index contributed by atoms with van der Waals surface area (Å²) in [5, 5.41) is 2.66. The molecule has 1 aromatic carbocycles. The van der Waals surface area contributed by atoms with Crippen molar-refractivity contribution in [2.75, 3.05) is 25.5 Å². The van der Waals surface area contributed by atoms with Crippen LogP contribution < -0.4 is 5.32 Å². The van der Waals surface area contributed by atoms with Gasteiger partial charge in [-0.1, -0.05) is 6.07 Å². The highest BCUT2D eigenvalue weighted by atomic mass is 19.1. The van der Waals surface area contributed by atoms with E-state index in [1.54, 1.807) is 18.2 Å². The first-order chi connectivity index (χ1) is 12.4. The van der Waals surface area contributed by atoms with E-state index in [4.69, 9.17) is 0 Å². The van der Waals surface area contributed by atoms with Gasteiger partial charge in [0, 0.05) is 24.6 Å². The molecule has 2 aliphatic rings. The smallest absolute Gasteiger partial charge is 0.256 e. The van der Waals surface area contributed by atoms with E-state index in [1.807, 2.05) is 0 Å². The van der Waals surface area contributed by atoms with Gasteiger partial charge in [-0.15, -0.1) is 0 Å². The van der Waals surface area contributed by atoms with Gasteiger partial charge in [-0.3, -0.25) is 9.59 Å². The number of aromatic nitrogens is 1. The van der Waals surface area contributed by atoms with Gasteiger partial charge >= 0.3 is 0 Å². The maximum atomic E-state index is 13.0. The van der Waals surface area contributed by atoms with Gasteiger partial charge in [-0.25, -0.2) is 9.37 Å². The number of benzene rings is 1. The van der Waals surface area contributed by atoms with Gasteiger partial charge in [-0.05, 0) is 61.7 Å². The largest absolute Gasteiger partial charge is 0.307 e. The molecule has 0 bridgehead atoms. The Morgan fingerprint density at radius 3 is 2.50 bits per heavy atom. The summed E-state index contributed by atoms with van der Waals surface area (Å²) >= 11 is 0. The van der Waals surface area contributed by atoms with Crippen molar-refractivity contribution in [3.05, 3.63) is 59.5 Å². The Hall–Kier alpha value is -2.60. The Labute approximate surface area is 151 Å². The molecule has 0 unspecified atom stereocenters. The lowest BCUT2D eigenvalue weighted by atomic mass is 9.56. The summed E-state index contributed by atoms with van der Waals surface area (Å²) in [6, 6.07) is 10.3. The standard InChI is InChI=1S/C20H20FN3O2/c1-24-11-20(12-24)9-14(10-20)18(25)16-3-2-4-17(22-16)23-19(26)13-5-7-15(21)8-6-13/h2-8,14H,9-12H2,1H3,(H,22,23,26). The number of amides is 1. The highest BCUT2D eigenvalue weighted by molar-refractivity contribution is 6.04.